The third-order valence-corrected chi connectivity index (χ3v) is 7.04. The number of halogens is 1. The summed E-state index contributed by atoms with van der Waals surface area (Å²) in [7, 11) is 3.95. The molecule has 6 aromatic rings. The maximum absolute atomic E-state index is 14.6. The van der Waals surface area contributed by atoms with Gasteiger partial charge in [0, 0.05) is 65.2 Å². The highest BCUT2D eigenvalue weighted by atomic mass is 19.1. The van der Waals surface area contributed by atoms with Gasteiger partial charge in [-0.25, -0.2) is 9.37 Å². The normalized spacial score (nSPS) is 11.6. The van der Waals surface area contributed by atoms with Crippen LogP contribution in [0.15, 0.2) is 73.2 Å². The van der Waals surface area contributed by atoms with Crippen LogP contribution in [0.4, 0.5) is 4.39 Å². The van der Waals surface area contributed by atoms with Gasteiger partial charge >= 0.3 is 0 Å². The number of pyridine rings is 2. The van der Waals surface area contributed by atoms with Gasteiger partial charge in [0.1, 0.15) is 18.2 Å². The van der Waals surface area contributed by atoms with Crippen LogP contribution in [0.1, 0.15) is 12.5 Å². The molecule has 4 heterocycles. The molecule has 3 N–H and O–H groups in total. The van der Waals surface area contributed by atoms with Gasteiger partial charge < -0.3 is 19.9 Å². The lowest BCUT2D eigenvalue weighted by molar-refractivity contribution is 0.260. The highest BCUT2D eigenvalue weighted by Gasteiger charge is 2.16. The van der Waals surface area contributed by atoms with Crippen LogP contribution in [0, 0.1) is 5.82 Å². The maximum Gasteiger partial charge on any atom is 0.181 e. The summed E-state index contributed by atoms with van der Waals surface area (Å²) in [6.45, 7) is 4.96. The Labute approximate surface area is 237 Å². The first kappa shape index (κ1) is 26.6. The topological polar surface area (TPSA) is 94.8 Å². The number of H-pyrrole nitrogens is 2. The Kier molecular flexibility index (Phi) is 7.45. The molecule has 0 bridgehead atoms. The Bertz CT molecular complexity index is 1820. The predicted molar refractivity (Wildman–Crippen MR) is 161 cm³/mol. The van der Waals surface area contributed by atoms with Crippen molar-refractivity contribution in [2.75, 3.05) is 33.8 Å². The number of nitrogens with one attached hydrogen (secondary N) is 3. The smallest absolute Gasteiger partial charge is 0.181 e. The molecule has 0 aliphatic heterocycles. The van der Waals surface area contributed by atoms with Gasteiger partial charge in [-0.05, 0) is 73.7 Å². The van der Waals surface area contributed by atoms with Crippen LogP contribution in [0.25, 0.3) is 55.6 Å². The standard InChI is InChI=1S/C32H32FN7O/c1-4-34-16-20-10-22(18-35-17-20)23-13-28-31(38-39-32(28)36-19-23)30-15-27-26(6-5-7-29(27)37-30)21-11-24(33)14-25(12-21)41-9-8-40(2)3/h5-7,10-15,17-19,34,37H,4,8-9,16H2,1-3H3,(H,36,38,39). The van der Waals surface area contributed by atoms with Gasteiger partial charge in [0.2, 0.25) is 0 Å². The zero-order valence-corrected chi connectivity index (χ0v) is 23.3. The van der Waals surface area contributed by atoms with Crippen molar-refractivity contribution in [3.63, 3.8) is 0 Å². The van der Waals surface area contributed by atoms with Crippen LogP contribution in [0.2, 0.25) is 0 Å². The van der Waals surface area contributed by atoms with E-state index in [2.05, 4.69) is 55.6 Å². The number of aromatic nitrogens is 5. The molecule has 0 atom stereocenters. The van der Waals surface area contributed by atoms with Crippen molar-refractivity contribution in [2.24, 2.45) is 0 Å². The largest absolute Gasteiger partial charge is 0.492 e. The fourth-order valence-corrected chi connectivity index (χ4v) is 4.96. The summed E-state index contributed by atoms with van der Waals surface area (Å²) in [5, 5.41) is 12.8. The van der Waals surface area contributed by atoms with Gasteiger partial charge in [-0.3, -0.25) is 10.1 Å². The number of aromatic amines is 2. The van der Waals surface area contributed by atoms with Crippen molar-refractivity contribution in [1.82, 2.24) is 35.4 Å². The Hall–Kier alpha value is -4.60. The van der Waals surface area contributed by atoms with Crippen molar-refractivity contribution >= 4 is 21.9 Å². The molecule has 4 aromatic heterocycles. The summed E-state index contributed by atoms with van der Waals surface area (Å²) in [5.74, 6) is 0.175. The maximum atomic E-state index is 14.6. The Morgan fingerprint density at radius 1 is 0.951 bits per heavy atom. The van der Waals surface area contributed by atoms with Crippen molar-refractivity contribution in [3.05, 3.63) is 84.6 Å². The minimum atomic E-state index is -0.336. The highest BCUT2D eigenvalue weighted by molar-refractivity contribution is 6.01. The molecule has 0 aliphatic rings. The Morgan fingerprint density at radius 2 is 1.83 bits per heavy atom. The predicted octanol–water partition coefficient (Wildman–Crippen LogP) is 6.02. The molecule has 0 spiro atoms. The van der Waals surface area contributed by atoms with Gasteiger partial charge in [-0.15, -0.1) is 0 Å². The van der Waals surface area contributed by atoms with Gasteiger partial charge in [0.15, 0.2) is 5.65 Å². The van der Waals surface area contributed by atoms with Crippen LogP contribution in [-0.4, -0.2) is 63.8 Å². The van der Waals surface area contributed by atoms with Gasteiger partial charge in [0.25, 0.3) is 0 Å². The zero-order chi connectivity index (χ0) is 28.3. The molecule has 0 radical (unpaired) electrons. The third kappa shape index (κ3) is 5.68. The van der Waals surface area contributed by atoms with Crippen LogP contribution in [0.3, 0.4) is 0 Å². The average molecular weight is 550 g/mol. The molecule has 0 amide bonds. The second-order valence-electron chi connectivity index (χ2n) is 10.3. The van der Waals surface area contributed by atoms with Crippen LogP contribution < -0.4 is 10.1 Å². The fraction of sp³-hybridized carbons (Fsp3) is 0.219. The van der Waals surface area contributed by atoms with Crippen molar-refractivity contribution < 1.29 is 9.13 Å². The molecule has 0 unspecified atom stereocenters. The van der Waals surface area contributed by atoms with Crippen molar-refractivity contribution in [3.8, 4) is 39.4 Å². The molecule has 2 aromatic carbocycles. The van der Waals surface area contributed by atoms with Gasteiger partial charge in [-0.1, -0.05) is 19.1 Å². The monoisotopic (exact) mass is 549 g/mol. The molecule has 6 rings (SSSR count). The Morgan fingerprint density at radius 3 is 2.68 bits per heavy atom. The van der Waals surface area contributed by atoms with Crippen LogP contribution in [-0.2, 0) is 6.54 Å². The quantitative estimate of drug-likeness (QED) is 0.193. The van der Waals surface area contributed by atoms with E-state index in [4.69, 9.17) is 4.74 Å². The van der Waals surface area contributed by atoms with E-state index in [0.29, 0.717) is 18.0 Å². The van der Waals surface area contributed by atoms with Gasteiger partial charge in [0.05, 0.1) is 11.4 Å². The van der Waals surface area contributed by atoms with E-state index in [0.717, 1.165) is 75.1 Å². The van der Waals surface area contributed by atoms with Crippen molar-refractivity contribution in [1.29, 1.82) is 0 Å². The summed E-state index contributed by atoms with van der Waals surface area (Å²) in [5.41, 5.74) is 8.00. The molecule has 208 valence electrons. The summed E-state index contributed by atoms with van der Waals surface area (Å²) < 4.78 is 20.5. The second kappa shape index (κ2) is 11.5. The lowest BCUT2D eigenvalue weighted by Gasteiger charge is -2.12. The average Bonchev–Trinajstić information content (AvgIpc) is 3.59. The molecule has 9 heteroatoms. The first-order chi connectivity index (χ1) is 20.0. The lowest BCUT2D eigenvalue weighted by Crippen LogP contribution is -2.19. The first-order valence-electron chi connectivity index (χ1n) is 13.7. The fourth-order valence-electron chi connectivity index (χ4n) is 4.96. The highest BCUT2D eigenvalue weighted by Crippen LogP contribution is 2.36. The summed E-state index contributed by atoms with van der Waals surface area (Å²) in [6.07, 6.45) is 5.55. The van der Waals surface area contributed by atoms with Crippen molar-refractivity contribution in [2.45, 2.75) is 13.5 Å². The molecule has 0 saturated heterocycles. The second-order valence-corrected chi connectivity index (χ2v) is 10.3. The number of nitrogens with zero attached hydrogens (tertiary/aromatic N) is 4. The molecule has 0 aliphatic carbocycles. The number of hydrogen-bond acceptors (Lipinski definition) is 6. The molecule has 8 nitrogen and oxygen atoms in total. The summed E-state index contributed by atoms with van der Waals surface area (Å²) in [6, 6.07) is 17.1. The van der Waals surface area contributed by atoms with Gasteiger partial charge in [-0.2, -0.15) is 5.10 Å². The number of fused-ring (bicyclic) bond motifs is 2. The van der Waals surface area contributed by atoms with E-state index < -0.39 is 0 Å². The molecule has 0 saturated carbocycles. The van der Waals surface area contributed by atoms with E-state index in [1.165, 1.54) is 6.07 Å². The number of hydrogen-bond donors (Lipinski definition) is 3. The van der Waals surface area contributed by atoms with E-state index in [-0.39, 0.29) is 5.82 Å². The molecule has 0 fully saturated rings. The SMILES string of the molecule is CCNCc1cncc(-c2cnc3n[nH]c(-c4cc5c(-c6cc(F)cc(OCCN(C)C)c6)cccc5[nH]4)c3c2)c1. The molecular weight excluding hydrogens is 517 g/mol. The molecule has 41 heavy (non-hydrogen) atoms. The van der Waals surface area contributed by atoms with E-state index >= 15 is 0 Å². The van der Waals surface area contributed by atoms with Crippen LogP contribution >= 0.6 is 0 Å². The van der Waals surface area contributed by atoms with E-state index in [9.17, 15) is 4.39 Å². The minimum absolute atomic E-state index is 0.336. The van der Waals surface area contributed by atoms with Crippen LogP contribution in [0.5, 0.6) is 5.75 Å². The number of ether oxygens (including phenoxy) is 1. The summed E-state index contributed by atoms with van der Waals surface area (Å²) in [4.78, 5) is 14.6. The summed E-state index contributed by atoms with van der Waals surface area (Å²) >= 11 is 0. The minimum Gasteiger partial charge on any atom is -0.492 e. The number of likely N-dealkylation sites (N-methyl/N-ethyl adjacent to an activating group) is 1. The molecular formula is C32H32FN7O. The number of benzene rings is 2. The number of rotatable bonds is 10. The first-order valence-corrected chi connectivity index (χ1v) is 13.7. The zero-order valence-electron chi connectivity index (χ0n) is 23.3. The van der Waals surface area contributed by atoms with E-state index in [1.807, 2.05) is 61.9 Å². The third-order valence-electron chi connectivity index (χ3n) is 7.04. The lowest BCUT2D eigenvalue weighted by atomic mass is 10.0. The Balaban J connectivity index is 1.37. The van der Waals surface area contributed by atoms with E-state index in [1.54, 1.807) is 6.07 Å².